The Morgan fingerprint density at radius 3 is 2.66 bits per heavy atom. The zero-order chi connectivity index (χ0) is 29.3. The van der Waals surface area contributed by atoms with Crippen LogP contribution in [0.25, 0.3) is 10.9 Å². The summed E-state index contributed by atoms with van der Waals surface area (Å²) in [5.74, 6) is -1.44. The number of H-pyrrole nitrogens is 1. The highest BCUT2D eigenvalue weighted by Gasteiger charge is 2.39. The minimum Gasteiger partial charge on any atom is -0.444 e. The van der Waals surface area contributed by atoms with Crippen LogP contribution in [0.5, 0.6) is 0 Å². The Morgan fingerprint density at radius 2 is 1.90 bits per heavy atom. The lowest BCUT2D eigenvalue weighted by atomic mass is 10.0. The molecular formula is C30H33N5O6. The Balaban J connectivity index is 1.27. The number of piperidine rings is 1. The van der Waals surface area contributed by atoms with Crippen molar-refractivity contribution in [2.45, 2.75) is 70.8 Å². The van der Waals surface area contributed by atoms with Crippen molar-refractivity contribution in [3.05, 3.63) is 70.9 Å². The summed E-state index contributed by atoms with van der Waals surface area (Å²) in [4.78, 5) is 67.4. The number of hydrogen-bond acceptors (Lipinski definition) is 6. The zero-order valence-corrected chi connectivity index (χ0v) is 23.2. The van der Waals surface area contributed by atoms with Gasteiger partial charge in [0.2, 0.25) is 17.7 Å². The second-order valence-electron chi connectivity index (χ2n) is 11.4. The molecule has 0 saturated carbocycles. The number of alkyl carbamates (subject to hydrolysis) is 1. The fourth-order valence-corrected chi connectivity index (χ4v) is 5.23. The van der Waals surface area contributed by atoms with Crippen LogP contribution in [0.15, 0.2) is 48.7 Å². The van der Waals surface area contributed by atoms with Crippen LogP contribution >= 0.6 is 0 Å². The van der Waals surface area contributed by atoms with Gasteiger partial charge in [-0.25, -0.2) is 4.79 Å². The highest BCUT2D eigenvalue weighted by molar-refractivity contribution is 6.05. The van der Waals surface area contributed by atoms with Crippen LogP contribution in [0.2, 0.25) is 0 Å². The van der Waals surface area contributed by atoms with Crippen LogP contribution in [-0.4, -0.2) is 57.3 Å². The molecule has 11 heteroatoms. The van der Waals surface area contributed by atoms with E-state index in [0.717, 1.165) is 27.6 Å². The summed E-state index contributed by atoms with van der Waals surface area (Å²) >= 11 is 0. The first-order valence-corrected chi connectivity index (χ1v) is 13.6. The zero-order valence-electron chi connectivity index (χ0n) is 23.2. The molecule has 41 heavy (non-hydrogen) atoms. The number of fused-ring (bicyclic) bond motifs is 2. The number of aromatic amines is 1. The van der Waals surface area contributed by atoms with Gasteiger partial charge < -0.3 is 25.3 Å². The van der Waals surface area contributed by atoms with Gasteiger partial charge in [-0.1, -0.05) is 30.3 Å². The second kappa shape index (κ2) is 11.1. The first-order chi connectivity index (χ1) is 19.5. The number of carbonyl (C=O) groups excluding carboxylic acids is 5. The normalized spacial score (nSPS) is 17.7. The fourth-order valence-electron chi connectivity index (χ4n) is 5.23. The van der Waals surface area contributed by atoms with Crippen molar-refractivity contribution in [2.24, 2.45) is 0 Å². The van der Waals surface area contributed by atoms with Crippen molar-refractivity contribution in [2.75, 3.05) is 0 Å². The van der Waals surface area contributed by atoms with E-state index in [0.29, 0.717) is 5.56 Å². The molecular weight excluding hydrogens is 526 g/mol. The van der Waals surface area contributed by atoms with Crippen molar-refractivity contribution in [1.29, 1.82) is 0 Å². The smallest absolute Gasteiger partial charge is 0.408 e. The molecule has 2 unspecified atom stereocenters. The van der Waals surface area contributed by atoms with E-state index in [2.05, 4.69) is 20.9 Å². The standard InChI is InChI=1S/C30H33N5O6/c1-30(2,3)41-29(40)33-23(13-18-15-31-22-7-5-4-6-20(18)22)26(37)32-14-17-8-9-21-19(12-17)16-35(28(21)39)24-10-11-25(36)34-27(24)38/h4-9,12,15,23-24,31H,10-11,13-14,16H2,1-3H3,(H,32,37)(H,33,40)(H,34,36,38). The maximum absolute atomic E-state index is 13.4. The lowest BCUT2D eigenvalue weighted by molar-refractivity contribution is -0.137. The predicted molar refractivity (Wildman–Crippen MR) is 149 cm³/mol. The number of para-hydroxylation sites is 1. The summed E-state index contributed by atoms with van der Waals surface area (Å²) in [7, 11) is 0. The molecule has 2 aliphatic heterocycles. The third kappa shape index (κ3) is 6.24. The topological polar surface area (TPSA) is 150 Å². The molecule has 214 valence electrons. The van der Waals surface area contributed by atoms with Gasteiger partial charge in [-0.3, -0.25) is 24.5 Å². The second-order valence-corrected chi connectivity index (χ2v) is 11.4. The average molecular weight is 560 g/mol. The van der Waals surface area contributed by atoms with Gasteiger partial charge in [0.25, 0.3) is 5.91 Å². The Hall–Kier alpha value is -4.67. The number of carbonyl (C=O) groups is 5. The van der Waals surface area contributed by atoms with Crippen molar-refractivity contribution < 1.29 is 28.7 Å². The lowest BCUT2D eigenvalue weighted by Gasteiger charge is -2.29. The third-order valence-corrected chi connectivity index (χ3v) is 7.16. The van der Waals surface area contributed by atoms with E-state index < -0.39 is 29.7 Å². The molecule has 1 saturated heterocycles. The molecule has 2 aliphatic rings. The molecule has 0 spiro atoms. The minimum atomic E-state index is -0.900. The number of imide groups is 1. The number of nitrogens with zero attached hydrogens (tertiary/aromatic N) is 1. The largest absolute Gasteiger partial charge is 0.444 e. The highest BCUT2D eigenvalue weighted by atomic mass is 16.6. The number of ether oxygens (including phenoxy) is 1. The van der Waals surface area contributed by atoms with Crippen molar-refractivity contribution >= 4 is 40.6 Å². The van der Waals surface area contributed by atoms with Gasteiger partial charge in [-0.15, -0.1) is 0 Å². The number of amides is 5. The van der Waals surface area contributed by atoms with Crippen molar-refractivity contribution in [1.82, 2.24) is 25.8 Å². The Kier molecular flexibility index (Phi) is 7.53. The molecule has 2 aromatic carbocycles. The molecule has 4 N–H and O–H groups in total. The molecule has 0 radical (unpaired) electrons. The maximum atomic E-state index is 13.4. The minimum absolute atomic E-state index is 0.166. The van der Waals surface area contributed by atoms with Gasteiger partial charge in [-0.05, 0) is 56.0 Å². The Labute approximate surface area is 237 Å². The van der Waals surface area contributed by atoms with Gasteiger partial charge >= 0.3 is 6.09 Å². The summed E-state index contributed by atoms with van der Waals surface area (Å²) in [6.45, 7) is 5.66. The quantitative estimate of drug-likeness (QED) is 0.327. The molecule has 5 amide bonds. The molecule has 1 fully saturated rings. The maximum Gasteiger partial charge on any atom is 0.408 e. The molecule has 5 rings (SSSR count). The molecule has 0 bridgehead atoms. The molecule has 3 heterocycles. The fraction of sp³-hybridized carbons (Fsp3) is 0.367. The van der Waals surface area contributed by atoms with Crippen LogP contribution in [0.4, 0.5) is 4.79 Å². The third-order valence-electron chi connectivity index (χ3n) is 7.16. The average Bonchev–Trinajstić information content (AvgIpc) is 3.46. The van der Waals surface area contributed by atoms with Gasteiger partial charge in [-0.2, -0.15) is 0 Å². The first kappa shape index (κ1) is 27.9. The van der Waals surface area contributed by atoms with E-state index >= 15 is 0 Å². The van der Waals surface area contributed by atoms with Gasteiger partial charge in [0.05, 0.1) is 0 Å². The number of aromatic nitrogens is 1. The molecule has 11 nitrogen and oxygen atoms in total. The van der Waals surface area contributed by atoms with Crippen LogP contribution < -0.4 is 16.0 Å². The van der Waals surface area contributed by atoms with E-state index in [1.54, 1.807) is 32.9 Å². The summed E-state index contributed by atoms with van der Waals surface area (Å²) in [6.07, 6.45) is 1.85. The highest BCUT2D eigenvalue weighted by Crippen LogP contribution is 2.28. The lowest BCUT2D eigenvalue weighted by Crippen LogP contribution is -2.52. The monoisotopic (exact) mass is 559 g/mol. The van der Waals surface area contributed by atoms with Crippen molar-refractivity contribution in [3.63, 3.8) is 0 Å². The number of benzene rings is 2. The van der Waals surface area contributed by atoms with Crippen LogP contribution in [0.1, 0.15) is 60.7 Å². The van der Waals surface area contributed by atoms with Gasteiger partial charge in [0, 0.05) is 48.6 Å². The SMILES string of the molecule is CC(C)(C)OC(=O)NC(Cc1c[nH]c2ccccc12)C(=O)NCc1ccc2c(c1)CN(C1CCC(=O)NC1=O)C2=O. The van der Waals surface area contributed by atoms with E-state index in [9.17, 15) is 24.0 Å². The van der Waals surface area contributed by atoms with Gasteiger partial charge in [0.1, 0.15) is 17.7 Å². The van der Waals surface area contributed by atoms with E-state index in [4.69, 9.17) is 4.74 Å². The van der Waals surface area contributed by atoms with E-state index in [1.807, 2.05) is 36.5 Å². The molecule has 3 aromatic rings. The molecule has 0 aliphatic carbocycles. The summed E-state index contributed by atoms with van der Waals surface area (Å²) in [5, 5.41) is 8.86. The Morgan fingerprint density at radius 1 is 1.12 bits per heavy atom. The first-order valence-electron chi connectivity index (χ1n) is 13.6. The number of rotatable bonds is 7. The number of hydrogen-bond donors (Lipinski definition) is 4. The molecule has 1 aromatic heterocycles. The van der Waals surface area contributed by atoms with E-state index in [-0.39, 0.29) is 50.1 Å². The summed E-state index contributed by atoms with van der Waals surface area (Å²) < 4.78 is 5.40. The van der Waals surface area contributed by atoms with Gasteiger partial charge in [0.15, 0.2) is 0 Å². The Bertz CT molecular complexity index is 1540. The predicted octanol–water partition coefficient (Wildman–Crippen LogP) is 2.68. The van der Waals surface area contributed by atoms with Crippen LogP contribution in [0.3, 0.4) is 0 Å². The summed E-state index contributed by atoms with van der Waals surface area (Å²) in [5.41, 5.74) is 3.08. The van der Waals surface area contributed by atoms with Crippen LogP contribution in [-0.2, 0) is 38.6 Å². The molecule has 2 atom stereocenters. The van der Waals surface area contributed by atoms with Crippen molar-refractivity contribution in [3.8, 4) is 0 Å². The summed E-state index contributed by atoms with van der Waals surface area (Å²) in [6, 6.07) is 11.4. The number of nitrogens with one attached hydrogen (secondary N) is 4. The van der Waals surface area contributed by atoms with E-state index in [1.165, 1.54) is 4.90 Å². The van der Waals surface area contributed by atoms with Crippen LogP contribution in [0, 0.1) is 0 Å².